The third kappa shape index (κ3) is 3.46. The van der Waals surface area contributed by atoms with Crippen LogP contribution in [0.25, 0.3) is 0 Å². The number of methoxy groups -OCH3 is 1. The van der Waals surface area contributed by atoms with Gasteiger partial charge in [0.05, 0.1) is 0 Å². The first-order valence-corrected chi connectivity index (χ1v) is 6.06. The van der Waals surface area contributed by atoms with E-state index in [1.54, 1.807) is 0 Å². The molecule has 16 heavy (non-hydrogen) atoms. The molecule has 0 amide bonds. The van der Waals surface area contributed by atoms with Gasteiger partial charge in [0, 0.05) is 13.7 Å². The zero-order valence-corrected chi connectivity index (χ0v) is 10.5. The van der Waals surface area contributed by atoms with Gasteiger partial charge < -0.3 is 9.47 Å². The summed E-state index contributed by atoms with van der Waals surface area (Å²) in [7, 11) is 1.47. The van der Waals surface area contributed by atoms with E-state index in [9.17, 15) is 4.79 Å². The van der Waals surface area contributed by atoms with Crippen molar-refractivity contribution in [3.63, 3.8) is 0 Å². The number of hydrogen-bond acceptors (Lipinski definition) is 4. The highest BCUT2D eigenvalue weighted by Crippen LogP contribution is 2.18. The van der Waals surface area contributed by atoms with Crippen molar-refractivity contribution in [1.29, 1.82) is 0 Å². The van der Waals surface area contributed by atoms with Gasteiger partial charge >= 0.3 is 5.97 Å². The summed E-state index contributed by atoms with van der Waals surface area (Å²) < 4.78 is 9.87. The highest BCUT2D eigenvalue weighted by Gasteiger charge is 2.40. The summed E-state index contributed by atoms with van der Waals surface area (Å²) in [4.78, 5) is 15.5. The van der Waals surface area contributed by atoms with Crippen LogP contribution in [0.5, 0.6) is 0 Å². The molecule has 92 valence electrons. The van der Waals surface area contributed by atoms with Crippen LogP contribution in [-0.2, 0) is 14.3 Å². The molecule has 4 nitrogen and oxygen atoms in total. The number of ether oxygens (including phenoxy) is 2. The third-order valence-corrected chi connectivity index (χ3v) is 2.85. The molecule has 2 atom stereocenters. The van der Waals surface area contributed by atoms with Gasteiger partial charge in [-0.1, -0.05) is 26.2 Å². The predicted octanol–water partition coefficient (Wildman–Crippen LogP) is 2.14. The van der Waals surface area contributed by atoms with Gasteiger partial charge in [0.25, 0.3) is 0 Å². The molecule has 2 unspecified atom stereocenters. The molecule has 1 aliphatic rings. The first kappa shape index (κ1) is 13.5. The Kier molecular flexibility index (Phi) is 5.77. The van der Waals surface area contributed by atoms with Crippen LogP contribution in [0.1, 0.15) is 32.6 Å². The second-order valence-electron chi connectivity index (χ2n) is 3.73. The van der Waals surface area contributed by atoms with E-state index in [1.807, 2.05) is 0 Å². The minimum Gasteiger partial charge on any atom is -0.428 e. The van der Waals surface area contributed by atoms with Crippen molar-refractivity contribution in [3.05, 3.63) is 0 Å². The number of unbranched alkanes of at least 4 members (excludes halogenated alkanes) is 3. The number of alkyl halides is 1. The largest absolute Gasteiger partial charge is 0.428 e. The molecule has 0 N–H and O–H groups in total. The first-order valence-electron chi connectivity index (χ1n) is 5.62. The molecular weight excluding hydrogens is 230 g/mol. The van der Waals surface area contributed by atoms with Crippen LogP contribution >= 0.6 is 11.6 Å². The van der Waals surface area contributed by atoms with Crippen LogP contribution in [0.2, 0.25) is 0 Å². The number of rotatable bonds is 6. The molecule has 0 radical (unpaired) electrons. The van der Waals surface area contributed by atoms with Crippen molar-refractivity contribution in [1.82, 2.24) is 0 Å². The SMILES string of the molecule is CCCCCCN=C1C(OC)OC(=O)C1Cl. The zero-order chi connectivity index (χ0) is 12.0. The molecule has 0 saturated carbocycles. The van der Waals surface area contributed by atoms with Crippen LogP contribution in [0.4, 0.5) is 0 Å². The van der Waals surface area contributed by atoms with Crippen LogP contribution < -0.4 is 0 Å². The average molecular weight is 248 g/mol. The molecule has 0 spiro atoms. The van der Waals surface area contributed by atoms with Crippen molar-refractivity contribution in [2.45, 2.75) is 44.3 Å². The van der Waals surface area contributed by atoms with Gasteiger partial charge in [0.15, 0.2) is 5.38 Å². The summed E-state index contributed by atoms with van der Waals surface area (Å²) in [6.07, 6.45) is 3.86. The van der Waals surface area contributed by atoms with E-state index >= 15 is 0 Å². The fourth-order valence-corrected chi connectivity index (χ4v) is 1.76. The molecule has 1 aliphatic heterocycles. The van der Waals surface area contributed by atoms with Gasteiger partial charge in [-0.25, -0.2) is 4.79 Å². The first-order chi connectivity index (χ1) is 7.70. The monoisotopic (exact) mass is 247 g/mol. The van der Waals surface area contributed by atoms with E-state index in [0.717, 1.165) is 12.8 Å². The van der Waals surface area contributed by atoms with Crippen LogP contribution in [0.15, 0.2) is 4.99 Å². The van der Waals surface area contributed by atoms with Crippen molar-refractivity contribution in [2.24, 2.45) is 4.99 Å². The lowest BCUT2D eigenvalue weighted by molar-refractivity contribution is -0.153. The van der Waals surface area contributed by atoms with Crippen molar-refractivity contribution in [3.8, 4) is 0 Å². The lowest BCUT2D eigenvalue weighted by atomic mass is 10.2. The van der Waals surface area contributed by atoms with E-state index in [2.05, 4.69) is 11.9 Å². The van der Waals surface area contributed by atoms with Crippen molar-refractivity contribution >= 4 is 23.3 Å². The Bertz CT molecular complexity index is 268. The summed E-state index contributed by atoms with van der Waals surface area (Å²) in [5.74, 6) is -0.471. The molecule has 1 saturated heterocycles. The minimum atomic E-state index is -0.781. The summed E-state index contributed by atoms with van der Waals surface area (Å²) in [6, 6.07) is 0. The van der Waals surface area contributed by atoms with E-state index in [-0.39, 0.29) is 0 Å². The molecule has 0 aromatic rings. The Hall–Kier alpha value is -0.610. The highest BCUT2D eigenvalue weighted by atomic mass is 35.5. The number of hydrogen-bond donors (Lipinski definition) is 0. The van der Waals surface area contributed by atoms with Gasteiger partial charge in [-0.2, -0.15) is 0 Å². The highest BCUT2D eigenvalue weighted by molar-refractivity contribution is 6.44. The number of nitrogens with zero attached hydrogens (tertiary/aromatic N) is 1. The number of carbonyl (C=O) groups excluding carboxylic acids is 1. The van der Waals surface area contributed by atoms with E-state index < -0.39 is 17.6 Å². The minimum absolute atomic E-state index is 0.471. The van der Waals surface area contributed by atoms with E-state index in [4.69, 9.17) is 21.1 Å². The maximum absolute atomic E-state index is 11.2. The molecule has 1 rings (SSSR count). The normalized spacial score (nSPS) is 27.4. The lowest BCUT2D eigenvalue weighted by Crippen LogP contribution is -2.23. The smallest absolute Gasteiger partial charge is 0.332 e. The molecule has 1 fully saturated rings. The molecule has 0 aromatic heterocycles. The van der Waals surface area contributed by atoms with Crippen molar-refractivity contribution in [2.75, 3.05) is 13.7 Å². The summed E-state index contributed by atoms with van der Waals surface area (Å²) in [5, 5.41) is -0.781. The number of esters is 1. The Balaban J connectivity index is 2.43. The molecule has 1 heterocycles. The quantitative estimate of drug-likeness (QED) is 0.411. The average Bonchev–Trinajstić information content (AvgIpc) is 2.56. The van der Waals surface area contributed by atoms with Crippen molar-refractivity contribution < 1.29 is 14.3 Å². The molecule has 5 heteroatoms. The Morgan fingerprint density at radius 3 is 2.81 bits per heavy atom. The zero-order valence-electron chi connectivity index (χ0n) is 9.74. The van der Waals surface area contributed by atoms with Crippen LogP contribution in [-0.4, -0.2) is 37.0 Å². The summed E-state index contributed by atoms with van der Waals surface area (Å²) >= 11 is 5.86. The Morgan fingerprint density at radius 1 is 1.44 bits per heavy atom. The van der Waals surface area contributed by atoms with Crippen LogP contribution in [0, 0.1) is 0 Å². The molecule has 0 aliphatic carbocycles. The predicted molar refractivity (Wildman–Crippen MR) is 63.0 cm³/mol. The fourth-order valence-electron chi connectivity index (χ4n) is 1.54. The Morgan fingerprint density at radius 2 is 2.19 bits per heavy atom. The van der Waals surface area contributed by atoms with Gasteiger partial charge in [0.2, 0.25) is 6.29 Å². The number of aliphatic imine (C=N–C) groups is 1. The lowest BCUT2D eigenvalue weighted by Gasteiger charge is -2.07. The van der Waals surface area contributed by atoms with Gasteiger partial charge in [0.1, 0.15) is 5.71 Å². The van der Waals surface area contributed by atoms with Gasteiger partial charge in [-0.15, -0.1) is 11.6 Å². The number of carbonyl (C=O) groups is 1. The topological polar surface area (TPSA) is 47.9 Å². The number of halogens is 1. The third-order valence-electron chi connectivity index (χ3n) is 2.45. The fraction of sp³-hybridized carbons (Fsp3) is 0.818. The Labute approximate surface area is 101 Å². The van der Waals surface area contributed by atoms with E-state index in [0.29, 0.717) is 12.3 Å². The summed E-state index contributed by atoms with van der Waals surface area (Å²) in [6.45, 7) is 2.83. The molecular formula is C11H18ClNO3. The van der Waals surface area contributed by atoms with Gasteiger partial charge in [-0.3, -0.25) is 4.99 Å². The second kappa shape index (κ2) is 6.86. The number of cyclic esters (lactones) is 1. The second-order valence-corrected chi connectivity index (χ2v) is 4.17. The molecule has 0 aromatic carbocycles. The van der Waals surface area contributed by atoms with E-state index in [1.165, 1.54) is 20.0 Å². The van der Waals surface area contributed by atoms with Crippen LogP contribution in [0.3, 0.4) is 0 Å². The maximum atomic E-state index is 11.2. The standard InChI is InChI=1S/C11H18ClNO3/c1-3-4-5-6-7-13-9-8(12)10(14)16-11(9)15-2/h8,11H,3-7H2,1-2H3. The molecule has 0 bridgehead atoms. The van der Waals surface area contributed by atoms with Gasteiger partial charge in [-0.05, 0) is 6.42 Å². The summed E-state index contributed by atoms with van der Waals surface area (Å²) in [5.41, 5.74) is 0.505. The maximum Gasteiger partial charge on any atom is 0.332 e.